The van der Waals surface area contributed by atoms with Gasteiger partial charge in [0.25, 0.3) is 0 Å². The molecular weight excluding hydrogens is 399 g/mol. The van der Waals surface area contributed by atoms with Crippen LogP contribution in [0.15, 0.2) is 35.9 Å². The quantitative estimate of drug-likeness (QED) is 0.411. The third-order valence-electron chi connectivity index (χ3n) is 6.80. The maximum Gasteiger partial charge on any atom is 0.573 e. The molecule has 2 aliphatic rings. The van der Waals surface area contributed by atoms with Gasteiger partial charge in [0.1, 0.15) is 17.4 Å². The normalized spacial score (nSPS) is 28.7. The minimum Gasteiger partial charge on any atom is -0.406 e. The minimum absolute atomic E-state index is 0.154. The van der Waals surface area contributed by atoms with Gasteiger partial charge < -0.3 is 4.74 Å². The van der Waals surface area contributed by atoms with Crippen LogP contribution >= 0.6 is 0 Å². The molecule has 2 saturated carbocycles. The van der Waals surface area contributed by atoms with E-state index in [1.54, 1.807) is 12.1 Å². The summed E-state index contributed by atoms with van der Waals surface area (Å²) in [4.78, 5) is 0. The lowest BCUT2D eigenvalue weighted by Crippen LogP contribution is -2.19. The Labute approximate surface area is 175 Å². The van der Waals surface area contributed by atoms with Crippen molar-refractivity contribution in [2.75, 3.05) is 0 Å². The number of allylic oxidation sites excluding steroid dienone is 2. The summed E-state index contributed by atoms with van der Waals surface area (Å²) in [7, 11) is 0. The van der Waals surface area contributed by atoms with Crippen molar-refractivity contribution in [2.24, 2.45) is 17.8 Å². The molecule has 0 atom stereocenters. The van der Waals surface area contributed by atoms with E-state index in [9.17, 15) is 22.0 Å². The van der Waals surface area contributed by atoms with E-state index in [1.807, 2.05) is 0 Å². The van der Waals surface area contributed by atoms with E-state index < -0.39 is 18.0 Å². The number of ether oxygens (including phenoxy) is 1. The second-order valence-corrected chi connectivity index (χ2v) is 8.87. The molecule has 1 nitrogen and oxygen atoms in total. The van der Waals surface area contributed by atoms with Gasteiger partial charge in [-0.3, -0.25) is 0 Å². The van der Waals surface area contributed by atoms with Crippen LogP contribution in [0.3, 0.4) is 0 Å². The van der Waals surface area contributed by atoms with Gasteiger partial charge in [-0.25, -0.2) is 8.78 Å². The summed E-state index contributed by atoms with van der Waals surface area (Å²) in [6.07, 6.45) is 3.60. The topological polar surface area (TPSA) is 9.23 Å². The lowest BCUT2D eigenvalue weighted by atomic mass is 9.76. The molecular formula is C24H31F5O. The molecule has 6 heteroatoms. The Kier molecular flexibility index (Phi) is 7.81. The summed E-state index contributed by atoms with van der Waals surface area (Å²) in [5.74, 6) is -1.15. The van der Waals surface area contributed by atoms with Crippen molar-refractivity contribution in [1.29, 1.82) is 0 Å². The fourth-order valence-electron chi connectivity index (χ4n) is 5.12. The molecule has 1 aromatic rings. The number of hydrogen-bond donors (Lipinski definition) is 0. The Morgan fingerprint density at radius 1 is 0.833 bits per heavy atom. The predicted octanol–water partition coefficient (Wildman–Crippen LogP) is 8.62. The second kappa shape index (κ2) is 10.1. The Morgan fingerprint density at radius 3 is 1.80 bits per heavy atom. The molecule has 0 spiro atoms. The van der Waals surface area contributed by atoms with E-state index in [0.717, 1.165) is 37.7 Å². The lowest BCUT2D eigenvalue weighted by Gasteiger charge is -2.31. The maximum atomic E-state index is 14.8. The second-order valence-electron chi connectivity index (χ2n) is 8.87. The highest BCUT2D eigenvalue weighted by molar-refractivity contribution is 5.30. The highest BCUT2D eigenvalue weighted by atomic mass is 19.4. The average Bonchev–Trinajstić information content (AvgIpc) is 2.73. The van der Waals surface area contributed by atoms with E-state index in [1.165, 1.54) is 18.6 Å². The zero-order chi connectivity index (χ0) is 21.7. The fourth-order valence-corrected chi connectivity index (χ4v) is 5.12. The molecule has 3 rings (SSSR count). The Bertz CT molecular complexity index is 693. The monoisotopic (exact) mass is 430 g/mol. The number of halogens is 5. The van der Waals surface area contributed by atoms with Gasteiger partial charge >= 0.3 is 6.36 Å². The lowest BCUT2D eigenvalue weighted by molar-refractivity contribution is -0.274. The fraction of sp³-hybridized carbons (Fsp3) is 0.667. The van der Waals surface area contributed by atoms with Crippen molar-refractivity contribution in [2.45, 2.75) is 83.4 Å². The Morgan fingerprint density at radius 2 is 1.33 bits per heavy atom. The number of hydrogen-bond acceptors (Lipinski definition) is 1. The van der Waals surface area contributed by atoms with Gasteiger partial charge in [0, 0.05) is 11.8 Å². The van der Waals surface area contributed by atoms with Crippen LogP contribution in [0, 0.1) is 17.8 Å². The molecule has 0 unspecified atom stereocenters. The van der Waals surface area contributed by atoms with Crippen molar-refractivity contribution < 1.29 is 26.7 Å². The van der Waals surface area contributed by atoms with Crippen LogP contribution in [-0.2, 0) is 0 Å². The number of benzene rings is 1. The van der Waals surface area contributed by atoms with Gasteiger partial charge in [-0.2, -0.15) is 0 Å². The predicted molar refractivity (Wildman–Crippen MR) is 107 cm³/mol. The first-order chi connectivity index (χ1) is 14.3. The summed E-state index contributed by atoms with van der Waals surface area (Å²) < 4.78 is 70.3. The summed E-state index contributed by atoms with van der Waals surface area (Å²) in [5.41, 5.74) is 0.919. The van der Waals surface area contributed by atoms with Crippen molar-refractivity contribution in [1.82, 2.24) is 0 Å². The molecule has 1 aromatic carbocycles. The maximum absolute atomic E-state index is 14.8. The molecule has 0 aliphatic heterocycles. The third kappa shape index (κ3) is 6.21. The molecule has 168 valence electrons. The van der Waals surface area contributed by atoms with Gasteiger partial charge in [0.05, 0.1) is 0 Å². The van der Waals surface area contributed by atoms with Gasteiger partial charge in [-0.05, 0) is 80.9 Å². The third-order valence-corrected chi connectivity index (χ3v) is 6.80. The smallest absolute Gasteiger partial charge is 0.406 e. The SMILES string of the molecule is CCCC1CCC(/C(F)=C(\F)C2CCC(c3ccc(OC(F)(F)F)cc3)CC2)CC1. The summed E-state index contributed by atoms with van der Waals surface area (Å²) >= 11 is 0. The van der Waals surface area contributed by atoms with Gasteiger partial charge in [-0.15, -0.1) is 13.2 Å². The molecule has 2 fully saturated rings. The molecule has 0 heterocycles. The number of alkyl halides is 3. The minimum atomic E-state index is -4.71. The zero-order valence-corrected chi connectivity index (χ0v) is 17.5. The van der Waals surface area contributed by atoms with Crippen molar-refractivity contribution in [3.8, 4) is 5.75 Å². The first-order valence-corrected chi connectivity index (χ1v) is 11.2. The first kappa shape index (κ1) is 23.1. The van der Waals surface area contributed by atoms with Crippen molar-refractivity contribution >= 4 is 0 Å². The summed E-state index contributed by atoms with van der Waals surface area (Å²) in [6, 6.07) is 5.88. The zero-order valence-electron chi connectivity index (χ0n) is 17.5. The Balaban J connectivity index is 1.52. The Hall–Kier alpha value is -1.59. The van der Waals surface area contributed by atoms with Crippen LogP contribution in [0.25, 0.3) is 0 Å². The van der Waals surface area contributed by atoms with E-state index >= 15 is 0 Å². The average molecular weight is 431 g/mol. The number of rotatable bonds is 6. The van der Waals surface area contributed by atoms with Gasteiger partial charge in [-0.1, -0.05) is 31.9 Å². The molecule has 30 heavy (non-hydrogen) atoms. The van der Waals surface area contributed by atoms with Crippen molar-refractivity contribution in [3.63, 3.8) is 0 Å². The van der Waals surface area contributed by atoms with E-state index in [2.05, 4.69) is 11.7 Å². The molecule has 0 saturated heterocycles. The molecule has 2 aliphatic carbocycles. The highest BCUT2D eigenvalue weighted by Gasteiger charge is 2.33. The van der Waals surface area contributed by atoms with E-state index in [-0.39, 0.29) is 23.5 Å². The van der Waals surface area contributed by atoms with E-state index in [4.69, 9.17) is 0 Å². The van der Waals surface area contributed by atoms with Crippen LogP contribution in [0.4, 0.5) is 22.0 Å². The van der Waals surface area contributed by atoms with Crippen molar-refractivity contribution in [3.05, 3.63) is 41.5 Å². The van der Waals surface area contributed by atoms with E-state index in [0.29, 0.717) is 31.6 Å². The van der Waals surface area contributed by atoms with Crippen LogP contribution in [0.1, 0.15) is 82.6 Å². The van der Waals surface area contributed by atoms with Crippen LogP contribution in [-0.4, -0.2) is 6.36 Å². The van der Waals surface area contributed by atoms with Crippen LogP contribution < -0.4 is 4.74 Å². The summed E-state index contributed by atoms with van der Waals surface area (Å²) in [6.45, 7) is 2.16. The van der Waals surface area contributed by atoms with Gasteiger partial charge in [0.15, 0.2) is 0 Å². The standard InChI is InChI=1S/C24H31F5O/c1-2-3-16-4-6-19(7-5-16)22(25)23(26)20-10-8-17(9-11-20)18-12-14-21(15-13-18)30-24(27,28)29/h12-17,19-20H,2-11H2,1H3/b23-22+. The molecule has 0 bridgehead atoms. The highest BCUT2D eigenvalue weighted by Crippen LogP contribution is 2.43. The molecule has 0 radical (unpaired) electrons. The molecule has 0 N–H and O–H groups in total. The first-order valence-electron chi connectivity index (χ1n) is 11.2. The molecule has 0 amide bonds. The molecule has 0 aromatic heterocycles. The van der Waals surface area contributed by atoms with Crippen LogP contribution in [0.2, 0.25) is 0 Å². The largest absolute Gasteiger partial charge is 0.573 e. The summed E-state index contributed by atoms with van der Waals surface area (Å²) in [5, 5.41) is 0. The van der Waals surface area contributed by atoms with Gasteiger partial charge in [0.2, 0.25) is 0 Å². The van der Waals surface area contributed by atoms with Crippen LogP contribution in [0.5, 0.6) is 5.75 Å².